The van der Waals surface area contributed by atoms with Gasteiger partial charge in [0.05, 0.1) is 13.7 Å². The van der Waals surface area contributed by atoms with Gasteiger partial charge in [0.15, 0.2) is 0 Å². The molecule has 0 aromatic heterocycles. The van der Waals surface area contributed by atoms with Crippen molar-refractivity contribution >= 4 is 5.97 Å². The van der Waals surface area contributed by atoms with E-state index >= 15 is 0 Å². The zero-order valence-electron chi connectivity index (χ0n) is 14.8. The SMILES string of the molecule is COc1ccc2c(c1)[C@@]1(CCNCC(=O)O)CCCC[C@@H](C2)C1C. The lowest BCUT2D eigenvalue weighted by Gasteiger charge is -2.47. The summed E-state index contributed by atoms with van der Waals surface area (Å²) in [7, 11) is 1.73. The second-order valence-corrected chi connectivity index (χ2v) is 7.50. The van der Waals surface area contributed by atoms with E-state index in [2.05, 4.69) is 30.4 Å². The Labute approximate surface area is 144 Å². The Morgan fingerprint density at radius 3 is 3.00 bits per heavy atom. The highest BCUT2D eigenvalue weighted by molar-refractivity contribution is 5.68. The molecule has 2 bridgehead atoms. The molecule has 0 radical (unpaired) electrons. The first-order chi connectivity index (χ1) is 11.6. The van der Waals surface area contributed by atoms with Gasteiger partial charge >= 0.3 is 5.97 Å². The highest BCUT2D eigenvalue weighted by Crippen LogP contribution is 2.53. The van der Waals surface area contributed by atoms with E-state index in [9.17, 15) is 4.79 Å². The van der Waals surface area contributed by atoms with Crippen LogP contribution in [0.1, 0.15) is 50.2 Å². The fourth-order valence-corrected chi connectivity index (χ4v) is 5.04. The summed E-state index contributed by atoms with van der Waals surface area (Å²) >= 11 is 0. The van der Waals surface area contributed by atoms with Gasteiger partial charge in [0.2, 0.25) is 0 Å². The van der Waals surface area contributed by atoms with E-state index in [4.69, 9.17) is 9.84 Å². The average Bonchev–Trinajstić information content (AvgIpc) is 2.67. The summed E-state index contributed by atoms with van der Waals surface area (Å²) < 4.78 is 5.49. The molecule has 1 aromatic carbocycles. The molecule has 3 rings (SSSR count). The molecule has 0 heterocycles. The fraction of sp³-hybridized carbons (Fsp3) is 0.650. The first-order valence-electron chi connectivity index (χ1n) is 9.17. The maximum absolute atomic E-state index is 10.8. The second-order valence-electron chi connectivity index (χ2n) is 7.50. The topological polar surface area (TPSA) is 58.6 Å². The average molecular weight is 331 g/mol. The fourth-order valence-electron chi connectivity index (χ4n) is 5.04. The first-order valence-corrected chi connectivity index (χ1v) is 9.17. The van der Waals surface area contributed by atoms with Crippen LogP contribution in [0, 0.1) is 11.8 Å². The number of aliphatic carboxylic acids is 1. The van der Waals surface area contributed by atoms with Gasteiger partial charge in [0.1, 0.15) is 5.75 Å². The van der Waals surface area contributed by atoms with Gasteiger partial charge in [-0.15, -0.1) is 0 Å². The highest BCUT2D eigenvalue weighted by Gasteiger charge is 2.46. The number of benzene rings is 1. The number of nitrogens with one attached hydrogen (secondary N) is 1. The Morgan fingerprint density at radius 2 is 2.25 bits per heavy atom. The van der Waals surface area contributed by atoms with Gasteiger partial charge in [-0.25, -0.2) is 0 Å². The molecule has 2 aliphatic carbocycles. The van der Waals surface area contributed by atoms with Gasteiger partial charge in [0, 0.05) is 0 Å². The van der Waals surface area contributed by atoms with Crippen LogP contribution in [0.15, 0.2) is 18.2 Å². The number of methoxy groups -OCH3 is 1. The van der Waals surface area contributed by atoms with E-state index in [-0.39, 0.29) is 12.0 Å². The number of carboxylic acids is 1. The largest absolute Gasteiger partial charge is 0.497 e. The molecule has 0 spiro atoms. The van der Waals surface area contributed by atoms with E-state index in [0.29, 0.717) is 5.92 Å². The summed E-state index contributed by atoms with van der Waals surface area (Å²) in [5.74, 6) is 1.52. The van der Waals surface area contributed by atoms with Crippen LogP contribution in [0.2, 0.25) is 0 Å². The molecule has 4 heteroatoms. The number of hydrogen-bond acceptors (Lipinski definition) is 3. The second kappa shape index (κ2) is 7.14. The lowest BCUT2D eigenvalue weighted by molar-refractivity contribution is -0.135. The number of carboxylic acid groups (broad SMARTS) is 1. The normalized spacial score (nSPS) is 28.8. The number of rotatable bonds is 6. The summed E-state index contributed by atoms with van der Waals surface area (Å²) in [6, 6.07) is 6.57. The van der Waals surface area contributed by atoms with E-state index in [1.807, 2.05) is 0 Å². The van der Waals surface area contributed by atoms with E-state index in [1.165, 1.54) is 43.2 Å². The molecule has 3 atom stereocenters. The van der Waals surface area contributed by atoms with Crippen LogP contribution in [0.5, 0.6) is 5.75 Å². The molecule has 0 saturated heterocycles. The van der Waals surface area contributed by atoms with Crippen molar-refractivity contribution in [1.82, 2.24) is 5.32 Å². The third-order valence-corrected chi connectivity index (χ3v) is 6.39. The van der Waals surface area contributed by atoms with Gasteiger partial charge in [0.25, 0.3) is 0 Å². The van der Waals surface area contributed by atoms with Crippen LogP contribution in [0.25, 0.3) is 0 Å². The molecule has 24 heavy (non-hydrogen) atoms. The molecule has 0 aliphatic heterocycles. The molecule has 1 saturated carbocycles. The minimum absolute atomic E-state index is 0.0405. The van der Waals surface area contributed by atoms with Crippen LogP contribution >= 0.6 is 0 Å². The highest BCUT2D eigenvalue weighted by atomic mass is 16.5. The minimum Gasteiger partial charge on any atom is -0.497 e. The first kappa shape index (κ1) is 17.3. The Morgan fingerprint density at radius 1 is 1.42 bits per heavy atom. The van der Waals surface area contributed by atoms with Crippen molar-refractivity contribution < 1.29 is 14.6 Å². The zero-order chi connectivity index (χ0) is 17.2. The van der Waals surface area contributed by atoms with Crippen LogP contribution in [0.4, 0.5) is 0 Å². The molecule has 1 unspecified atom stereocenters. The van der Waals surface area contributed by atoms with Gasteiger partial charge in [-0.1, -0.05) is 25.8 Å². The van der Waals surface area contributed by atoms with E-state index < -0.39 is 5.97 Å². The molecule has 4 nitrogen and oxygen atoms in total. The van der Waals surface area contributed by atoms with Gasteiger partial charge in [-0.2, -0.15) is 0 Å². The predicted octanol–water partition coefficient (Wildman–Crippen LogP) is 3.38. The Balaban J connectivity index is 1.93. The maximum Gasteiger partial charge on any atom is 0.317 e. The predicted molar refractivity (Wildman–Crippen MR) is 94.6 cm³/mol. The van der Waals surface area contributed by atoms with Crippen LogP contribution in [-0.2, 0) is 16.6 Å². The lowest BCUT2D eigenvalue weighted by atomic mass is 9.57. The van der Waals surface area contributed by atoms with Crippen molar-refractivity contribution in [3.05, 3.63) is 29.3 Å². The van der Waals surface area contributed by atoms with Crippen LogP contribution < -0.4 is 10.1 Å². The Kier molecular flexibility index (Phi) is 5.14. The molecule has 1 fully saturated rings. The summed E-state index contributed by atoms with van der Waals surface area (Å²) in [6.07, 6.45) is 7.25. The Bertz CT molecular complexity index is 601. The van der Waals surface area contributed by atoms with Crippen LogP contribution in [-0.4, -0.2) is 31.3 Å². The quantitative estimate of drug-likeness (QED) is 0.785. The van der Waals surface area contributed by atoms with Crippen molar-refractivity contribution in [1.29, 1.82) is 0 Å². The van der Waals surface area contributed by atoms with Crippen molar-refractivity contribution in [2.24, 2.45) is 11.8 Å². The number of carbonyl (C=O) groups is 1. The summed E-state index contributed by atoms with van der Waals surface area (Å²) in [4.78, 5) is 10.8. The zero-order valence-corrected chi connectivity index (χ0v) is 14.8. The lowest BCUT2D eigenvalue weighted by Crippen LogP contribution is -2.44. The standard InChI is InChI=1S/C20H29NO3/c1-14-15-5-3-4-8-20(14,9-10-21-13-19(22)23)18-12-17(24-2)7-6-16(18)11-15/h6-7,12,14-15,21H,3-5,8-11,13H2,1-2H3,(H,22,23)/t14?,15-,20+/m0/s1. The van der Waals surface area contributed by atoms with Crippen molar-refractivity contribution in [3.63, 3.8) is 0 Å². The molecule has 1 aromatic rings. The summed E-state index contributed by atoms with van der Waals surface area (Å²) in [6.45, 7) is 3.20. The summed E-state index contributed by atoms with van der Waals surface area (Å²) in [5.41, 5.74) is 3.07. The third-order valence-electron chi connectivity index (χ3n) is 6.39. The molecule has 2 N–H and O–H groups in total. The molecule has 2 aliphatic rings. The van der Waals surface area contributed by atoms with Gasteiger partial charge in [-0.3, -0.25) is 4.79 Å². The molecular formula is C20H29NO3. The minimum atomic E-state index is -0.787. The summed E-state index contributed by atoms with van der Waals surface area (Å²) in [5, 5.41) is 12.0. The molecular weight excluding hydrogens is 302 g/mol. The van der Waals surface area contributed by atoms with Crippen molar-refractivity contribution in [3.8, 4) is 5.75 Å². The number of fused-ring (bicyclic) bond motifs is 4. The number of hydrogen-bond donors (Lipinski definition) is 2. The van der Waals surface area contributed by atoms with E-state index in [1.54, 1.807) is 7.11 Å². The maximum atomic E-state index is 10.8. The van der Waals surface area contributed by atoms with Gasteiger partial charge < -0.3 is 15.2 Å². The third kappa shape index (κ3) is 3.16. The van der Waals surface area contributed by atoms with Crippen molar-refractivity contribution in [2.75, 3.05) is 20.2 Å². The smallest absolute Gasteiger partial charge is 0.317 e. The molecule has 132 valence electrons. The van der Waals surface area contributed by atoms with Gasteiger partial charge in [-0.05, 0) is 72.7 Å². The van der Waals surface area contributed by atoms with Crippen LogP contribution in [0.3, 0.4) is 0 Å². The number of ether oxygens (including phenoxy) is 1. The van der Waals surface area contributed by atoms with Crippen molar-refractivity contribution in [2.45, 2.75) is 50.9 Å². The van der Waals surface area contributed by atoms with E-state index in [0.717, 1.165) is 24.6 Å². The Hall–Kier alpha value is -1.55. The molecule has 0 amide bonds. The monoisotopic (exact) mass is 331 g/mol.